The molecule has 0 radical (unpaired) electrons. The molecule has 4 aromatic carbocycles. The van der Waals surface area contributed by atoms with Crippen LogP contribution in [0.1, 0.15) is 0 Å². The van der Waals surface area contributed by atoms with Gasteiger partial charge in [-0.15, -0.1) is 23.3 Å². The molecule has 0 fully saturated rings. The molecule has 0 amide bonds. The van der Waals surface area contributed by atoms with Crippen LogP contribution in [0.5, 0.6) is 11.5 Å². The van der Waals surface area contributed by atoms with Crippen LogP contribution in [0, 0.1) is 12.1 Å². The summed E-state index contributed by atoms with van der Waals surface area (Å²) in [6.45, 7) is 0. The summed E-state index contributed by atoms with van der Waals surface area (Å²) in [5.41, 5.74) is 7.63. The maximum absolute atomic E-state index is 6.46. The minimum absolute atomic E-state index is 0. The van der Waals surface area contributed by atoms with Crippen molar-refractivity contribution in [1.29, 1.82) is 0 Å². The van der Waals surface area contributed by atoms with Crippen LogP contribution in [-0.2, 0) is 21.1 Å². The summed E-state index contributed by atoms with van der Waals surface area (Å²) >= 11 is 0. The molecule has 0 spiro atoms. The van der Waals surface area contributed by atoms with E-state index in [1.807, 2.05) is 84.9 Å². The van der Waals surface area contributed by atoms with E-state index in [0.29, 0.717) is 11.5 Å². The molecule has 6 rings (SSSR count). The van der Waals surface area contributed by atoms with Crippen molar-refractivity contribution in [2.75, 3.05) is 0 Å². The second kappa shape index (κ2) is 11.8. The fourth-order valence-electron chi connectivity index (χ4n) is 4.23. The monoisotopic (exact) mass is 669 g/mol. The molecule has 0 atom stereocenters. The zero-order valence-electron chi connectivity index (χ0n) is 20.3. The van der Waals surface area contributed by atoms with Crippen molar-refractivity contribution in [2.24, 2.45) is 0 Å². The van der Waals surface area contributed by atoms with E-state index in [9.17, 15) is 0 Å². The van der Waals surface area contributed by atoms with Gasteiger partial charge in [-0.2, -0.15) is 0 Å². The minimum Gasteiger partial charge on any atom is -0.497 e. The van der Waals surface area contributed by atoms with Gasteiger partial charge in [0.1, 0.15) is 0 Å². The Morgan fingerprint density at radius 2 is 0.868 bits per heavy atom. The molecule has 0 saturated carbocycles. The number of hydrogen-bond donors (Lipinski definition) is 0. The van der Waals surface area contributed by atoms with Crippen molar-refractivity contribution >= 4 is 0 Å². The number of benzene rings is 4. The van der Waals surface area contributed by atoms with Crippen LogP contribution in [0.2, 0.25) is 0 Å². The predicted molar refractivity (Wildman–Crippen MR) is 148 cm³/mol. The summed E-state index contributed by atoms with van der Waals surface area (Å²) in [5.74, 6) is 1.19. The van der Waals surface area contributed by atoms with Crippen molar-refractivity contribution in [1.82, 2.24) is 9.97 Å². The third-order valence-electron chi connectivity index (χ3n) is 6.00. The minimum atomic E-state index is 0. The number of pyridine rings is 2. The summed E-state index contributed by atoms with van der Waals surface area (Å²) in [5, 5.41) is 0. The Balaban J connectivity index is 0.00000294. The van der Waals surface area contributed by atoms with E-state index in [2.05, 4.69) is 58.5 Å². The number of aromatic nitrogens is 2. The molecule has 6 aromatic rings. The molecule has 184 valence electrons. The summed E-state index contributed by atoms with van der Waals surface area (Å²) in [4.78, 5) is 9.07. The first-order valence-corrected chi connectivity index (χ1v) is 12.1. The van der Waals surface area contributed by atoms with Crippen molar-refractivity contribution in [3.8, 4) is 56.3 Å². The average Bonchev–Trinajstić information content (AvgIpc) is 2.99. The molecule has 0 bridgehead atoms. The molecule has 0 aliphatic rings. The Bertz CT molecular complexity index is 1380. The third-order valence-corrected chi connectivity index (χ3v) is 6.00. The van der Waals surface area contributed by atoms with Gasteiger partial charge in [0.15, 0.2) is 0 Å². The smallest absolute Gasteiger partial charge is 0.497 e. The van der Waals surface area contributed by atoms with Gasteiger partial charge >= 0.3 is 21.1 Å². The summed E-state index contributed by atoms with van der Waals surface area (Å²) in [6.07, 6.45) is 3.57. The van der Waals surface area contributed by atoms with E-state index in [0.717, 1.165) is 44.8 Å². The van der Waals surface area contributed by atoms with Crippen molar-refractivity contribution in [3.63, 3.8) is 0 Å². The molecule has 0 saturated heterocycles. The first-order chi connectivity index (χ1) is 18.3. The Hall–Kier alpha value is -4.33. The average molecular weight is 670 g/mol. The zero-order chi connectivity index (χ0) is 24.9. The third kappa shape index (κ3) is 5.80. The summed E-state index contributed by atoms with van der Waals surface area (Å²) in [7, 11) is 0. The first-order valence-electron chi connectivity index (χ1n) is 12.1. The molecule has 4 heteroatoms. The second-order valence-electron chi connectivity index (χ2n) is 8.56. The SMILES string of the molecule is [Pt+2].[c-]1c(Oc2[c-]c(-c3ccccn3)cc(-c3ccccc3)c2)cc(-c2ccccc2)cc1-c1ccccn1. The molecule has 3 nitrogen and oxygen atoms in total. The Kier molecular flexibility index (Phi) is 7.87. The van der Waals surface area contributed by atoms with E-state index in [1.54, 1.807) is 12.4 Å². The van der Waals surface area contributed by atoms with Crippen LogP contribution in [0.25, 0.3) is 44.8 Å². The molecule has 0 aliphatic carbocycles. The largest absolute Gasteiger partial charge is 2.00 e. The van der Waals surface area contributed by atoms with Crippen molar-refractivity contribution < 1.29 is 25.8 Å². The van der Waals surface area contributed by atoms with Gasteiger partial charge in [-0.1, -0.05) is 120 Å². The van der Waals surface area contributed by atoms with Gasteiger partial charge < -0.3 is 14.7 Å². The van der Waals surface area contributed by atoms with Crippen LogP contribution in [-0.4, -0.2) is 9.97 Å². The fourth-order valence-corrected chi connectivity index (χ4v) is 4.23. The standard InChI is InChI=1S/C34H22N2O.Pt/c1-3-11-25(12-4-1)27-19-29(33-15-7-9-17-35-33)23-31(21-27)37-32-22-28(26-13-5-2-6-14-26)20-30(24-32)34-16-8-10-18-36-34;/h1-22H;/q-2;+2. The Morgan fingerprint density at radius 3 is 1.26 bits per heavy atom. The first kappa shape index (κ1) is 25.3. The number of ether oxygens (including phenoxy) is 1. The van der Waals surface area contributed by atoms with Gasteiger partial charge in [0.05, 0.1) is 0 Å². The molecule has 2 aromatic heterocycles. The molecule has 0 N–H and O–H groups in total. The van der Waals surface area contributed by atoms with Crippen LogP contribution in [0.4, 0.5) is 0 Å². The second-order valence-corrected chi connectivity index (χ2v) is 8.56. The van der Waals surface area contributed by atoms with Crippen LogP contribution in [0.3, 0.4) is 0 Å². The van der Waals surface area contributed by atoms with Gasteiger partial charge in [0.2, 0.25) is 0 Å². The maximum atomic E-state index is 6.46. The van der Waals surface area contributed by atoms with Crippen LogP contribution < -0.4 is 4.74 Å². The van der Waals surface area contributed by atoms with E-state index in [1.165, 1.54) is 0 Å². The van der Waals surface area contributed by atoms with Crippen molar-refractivity contribution in [2.45, 2.75) is 0 Å². The summed E-state index contributed by atoms with van der Waals surface area (Å²) < 4.78 is 6.46. The predicted octanol–water partition coefficient (Wildman–Crippen LogP) is 8.53. The number of hydrogen-bond acceptors (Lipinski definition) is 3. The molecule has 0 unspecified atom stereocenters. The zero-order valence-corrected chi connectivity index (χ0v) is 22.6. The molecule has 38 heavy (non-hydrogen) atoms. The van der Waals surface area contributed by atoms with Crippen molar-refractivity contribution in [3.05, 3.63) is 146 Å². The summed E-state index contributed by atoms with van der Waals surface area (Å²) in [6, 6.07) is 47.2. The normalized spacial score (nSPS) is 10.4. The molecule has 0 aliphatic heterocycles. The quantitative estimate of drug-likeness (QED) is 0.167. The van der Waals surface area contributed by atoms with E-state index >= 15 is 0 Å². The fraction of sp³-hybridized carbons (Fsp3) is 0. The maximum Gasteiger partial charge on any atom is 2.00 e. The Labute approximate surface area is 237 Å². The number of nitrogens with zero attached hydrogens (tertiary/aromatic N) is 2. The van der Waals surface area contributed by atoms with E-state index < -0.39 is 0 Å². The van der Waals surface area contributed by atoms with E-state index in [-0.39, 0.29) is 21.1 Å². The van der Waals surface area contributed by atoms with Crippen LogP contribution >= 0.6 is 0 Å². The Morgan fingerprint density at radius 1 is 0.447 bits per heavy atom. The molecular weight excluding hydrogens is 647 g/mol. The topological polar surface area (TPSA) is 35.0 Å². The van der Waals surface area contributed by atoms with Crippen LogP contribution in [0.15, 0.2) is 134 Å². The molecule has 2 heterocycles. The van der Waals surface area contributed by atoms with Gasteiger partial charge in [-0.25, -0.2) is 0 Å². The van der Waals surface area contributed by atoms with Gasteiger partial charge in [0, 0.05) is 23.9 Å². The van der Waals surface area contributed by atoms with Gasteiger partial charge in [-0.05, 0) is 34.6 Å². The van der Waals surface area contributed by atoms with Gasteiger partial charge in [-0.3, -0.25) is 0 Å². The van der Waals surface area contributed by atoms with Gasteiger partial charge in [0.25, 0.3) is 0 Å². The molecular formula is C34H22N2OPt. The number of rotatable bonds is 6. The van der Waals surface area contributed by atoms with E-state index in [4.69, 9.17) is 4.74 Å².